The van der Waals surface area contributed by atoms with E-state index in [0.29, 0.717) is 25.6 Å². The number of hydrogen-bond acceptors (Lipinski definition) is 8. The van der Waals surface area contributed by atoms with Crippen LogP contribution in [0.15, 0.2) is 11.6 Å². The molecule has 0 amide bonds. The van der Waals surface area contributed by atoms with Gasteiger partial charge in [0.2, 0.25) is 0 Å². The van der Waals surface area contributed by atoms with Crippen LogP contribution in [0.2, 0.25) is 0 Å². The van der Waals surface area contributed by atoms with Crippen molar-refractivity contribution >= 4 is 23.9 Å². The average molecular weight is 539 g/mol. The van der Waals surface area contributed by atoms with E-state index in [1.54, 1.807) is 6.08 Å². The van der Waals surface area contributed by atoms with E-state index in [1.807, 2.05) is 55.4 Å². The van der Waals surface area contributed by atoms with Crippen LogP contribution < -0.4 is 0 Å². The van der Waals surface area contributed by atoms with Crippen molar-refractivity contribution in [3.63, 3.8) is 0 Å². The first-order valence-corrected chi connectivity index (χ1v) is 14.1. The van der Waals surface area contributed by atoms with Crippen molar-refractivity contribution in [3.05, 3.63) is 11.6 Å². The van der Waals surface area contributed by atoms with E-state index < -0.39 is 11.2 Å². The first-order valence-electron chi connectivity index (χ1n) is 14.1. The summed E-state index contributed by atoms with van der Waals surface area (Å²) in [6.07, 6.45) is 8.55. The molecule has 0 aromatic heterocycles. The molecule has 0 N–H and O–H groups in total. The maximum atomic E-state index is 11.7. The van der Waals surface area contributed by atoms with Gasteiger partial charge in [0.25, 0.3) is 0 Å². The van der Waals surface area contributed by atoms with Crippen molar-refractivity contribution in [1.82, 2.24) is 0 Å². The Morgan fingerprint density at radius 1 is 0.711 bits per heavy atom. The largest absolute Gasteiger partial charge is 0.466 e. The van der Waals surface area contributed by atoms with Gasteiger partial charge in [-0.2, -0.15) is 0 Å². The summed E-state index contributed by atoms with van der Waals surface area (Å²) in [7, 11) is 0. The van der Waals surface area contributed by atoms with Crippen molar-refractivity contribution in [1.29, 1.82) is 0 Å². The minimum Gasteiger partial charge on any atom is -0.466 e. The van der Waals surface area contributed by atoms with Crippen LogP contribution in [0, 0.1) is 17.8 Å². The zero-order valence-electron chi connectivity index (χ0n) is 24.9. The molecule has 218 valence electrons. The molecule has 0 unspecified atom stereocenters. The van der Waals surface area contributed by atoms with Crippen LogP contribution in [0.5, 0.6) is 0 Å². The highest BCUT2D eigenvalue weighted by molar-refractivity contribution is 5.83. The summed E-state index contributed by atoms with van der Waals surface area (Å²) in [4.78, 5) is 46.6. The zero-order valence-corrected chi connectivity index (χ0v) is 24.9. The molecule has 2 aliphatic rings. The third kappa shape index (κ3) is 14.5. The maximum absolute atomic E-state index is 11.7. The van der Waals surface area contributed by atoms with E-state index in [0.717, 1.165) is 56.9 Å². The Hall–Kier alpha value is -2.38. The molecule has 8 nitrogen and oxygen atoms in total. The lowest BCUT2D eigenvalue weighted by atomic mass is 9.80. The van der Waals surface area contributed by atoms with E-state index in [4.69, 9.17) is 18.9 Å². The number of ether oxygens (including phenoxy) is 4. The Balaban J connectivity index is 0.000000380. The maximum Gasteiger partial charge on any atom is 0.331 e. The van der Waals surface area contributed by atoms with Crippen molar-refractivity contribution in [2.45, 2.75) is 124 Å². The first kappa shape index (κ1) is 33.6. The molecule has 0 heterocycles. The molecule has 2 rings (SSSR count). The number of esters is 4. The molecule has 0 aromatic rings. The van der Waals surface area contributed by atoms with Crippen molar-refractivity contribution in [2.24, 2.45) is 17.8 Å². The van der Waals surface area contributed by atoms with Crippen molar-refractivity contribution in [3.8, 4) is 0 Å². The van der Waals surface area contributed by atoms with Gasteiger partial charge in [0.15, 0.2) is 0 Å². The predicted molar refractivity (Wildman–Crippen MR) is 145 cm³/mol. The van der Waals surface area contributed by atoms with Gasteiger partial charge in [-0.3, -0.25) is 14.4 Å². The Morgan fingerprint density at radius 3 is 1.58 bits per heavy atom. The van der Waals surface area contributed by atoms with Gasteiger partial charge >= 0.3 is 23.9 Å². The van der Waals surface area contributed by atoms with Crippen LogP contribution in [-0.4, -0.2) is 48.3 Å². The smallest absolute Gasteiger partial charge is 0.331 e. The van der Waals surface area contributed by atoms with Crippen LogP contribution in [0.4, 0.5) is 0 Å². The normalized spacial score (nSPS) is 21.8. The fourth-order valence-electron chi connectivity index (χ4n) is 4.61. The van der Waals surface area contributed by atoms with Gasteiger partial charge in [-0.25, -0.2) is 4.79 Å². The summed E-state index contributed by atoms with van der Waals surface area (Å²) in [5.41, 5.74) is 0.185. The van der Waals surface area contributed by atoms with E-state index >= 15 is 0 Å². The molecule has 2 aliphatic carbocycles. The number of rotatable bonds is 7. The molecule has 2 saturated carbocycles. The van der Waals surface area contributed by atoms with Crippen LogP contribution in [-0.2, 0) is 38.1 Å². The molecule has 8 heteroatoms. The number of carbonyl (C=O) groups is 4. The lowest BCUT2D eigenvalue weighted by Crippen LogP contribution is -2.28. The molecular weight excluding hydrogens is 488 g/mol. The SMILES string of the molecule is CCOC(=O)C1CCC(=CC(=O)OC(C)(C)C)CC1.CCOC(=O)C1CCC(CC(=O)OC(C)(C)C)CC1. The summed E-state index contributed by atoms with van der Waals surface area (Å²) < 4.78 is 20.6. The van der Waals surface area contributed by atoms with Crippen LogP contribution in [0.3, 0.4) is 0 Å². The second-order valence-corrected chi connectivity index (χ2v) is 12.1. The summed E-state index contributed by atoms with van der Waals surface area (Å²) in [6, 6.07) is 0. The van der Waals surface area contributed by atoms with E-state index in [-0.39, 0.29) is 35.7 Å². The van der Waals surface area contributed by atoms with Gasteiger partial charge in [-0.15, -0.1) is 0 Å². The quantitative estimate of drug-likeness (QED) is 0.218. The van der Waals surface area contributed by atoms with E-state index in [2.05, 4.69) is 0 Å². The lowest BCUT2D eigenvalue weighted by Gasteiger charge is -2.27. The van der Waals surface area contributed by atoms with Gasteiger partial charge in [-0.05, 0) is 113 Å². The van der Waals surface area contributed by atoms with Gasteiger partial charge in [-0.1, -0.05) is 5.57 Å². The average Bonchev–Trinajstić information content (AvgIpc) is 2.78. The summed E-state index contributed by atoms with van der Waals surface area (Å²) in [5, 5.41) is 0. The van der Waals surface area contributed by atoms with Gasteiger partial charge in [0, 0.05) is 12.5 Å². The second-order valence-electron chi connectivity index (χ2n) is 12.1. The van der Waals surface area contributed by atoms with E-state index in [9.17, 15) is 19.2 Å². The molecule has 0 aliphatic heterocycles. The minimum absolute atomic E-state index is 0.0178. The fourth-order valence-corrected chi connectivity index (χ4v) is 4.61. The number of allylic oxidation sites excluding steroid dienone is 1. The Labute approximate surface area is 229 Å². The summed E-state index contributed by atoms with van der Waals surface area (Å²) in [5.74, 6) is -0.271. The third-order valence-electron chi connectivity index (χ3n) is 6.32. The Kier molecular flexibility index (Phi) is 14.1. The highest BCUT2D eigenvalue weighted by Crippen LogP contribution is 2.32. The van der Waals surface area contributed by atoms with Crippen LogP contribution >= 0.6 is 0 Å². The van der Waals surface area contributed by atoms with E-state index in [1.165, 1.54) is 0 Å². The molecule has 0 radical (unpaired) electrons. The molecule has 0 atom stereocenters. The molecule has 0 bridgehead atoms. The number of carbonyl (C=O) groups excluding carboxylic acids is 4. The van der Waals surface area contributed by atoms with Crippen LogP contribution in [0.25, 0.3) is 0 Å². The zero-order chi connectivity index (χ0) is 28.9. The van der Waals surface area contributed by atoms with Gasteiger partial charge < -0.3 is 18.9 Å². The molecule has 0 aromatic carbocycles. The lowest BCUT2D eigenvalue weighted by molar-refractivity contribution is -0.156. The van der Waals surface area contributed by atoms with Gasteiger partial charge in [0.1, 0.15) is 11.2 Å². The summed E-state index contributed by atoms with van der Waals surface area (Å²) >= 11 is 0. The highest BCUT2D eigenvalue weighted by atomic mass is 16.6. The van der Waals surface area contributed by atoms with Crippen molar-refractivity contribution < 1.29 is 38.1 Å². The number of hydrogen-bond donors (Lipinski definition) is 0. The molecule has 0 spiro atoms. The topological polar surface area (TPSA) is 105 Å². The molecule has 2 fully saturated rings. The third-order valence-corrected chi connectivity index (χ3v) is 6.32. The fraction of sp³-hybridized carbons (Fsp3) is 0.800. The summed E-state index contributed by atoms with van der Waals surface area (Å²) in [6.45, 7) is 15.7. The molecule has 38 heavy (non-hydrogen) atoms. The Morgan fingerprint density at radius 2 is 1.16 bits per heavy atom. The monoisotopic (exact) mass is 538 g/mol. The second kappa shape index (κ2) is 15.9. The van der Waals surface area contributed by atoms with Gasteiger partial charge in [0.05, 0.1) is 25.0 Å². The molecule has 0 saturated heterocycles. The van der Waals surface area contributed by atoms with Crippen molar-refractivity contribution in [2.75, 3.05) is 13.2 Å². The highest BCUT2D eigenvalue weighted by Gasteiger charge is 2.29. The first-order chi connectivity index (χ1) is 17.6. The standard InChI is InChI=1S/C15H26O4.C15H24O4/c2*1-5-18-14(17)12-8-6-11(7-9-12)10-13(16)19-15(2,3)4/h11-12H,5-10H2,1-4H3;10,12H,5-9H2,1-4H3. The molecular formula is C30H50O8. The Bertz CT molecular complexity index is 797. The van der Waals surface area contributed by atoms with Crippen LogP contribution in [0.1, 0.15) is 113 Å². The minimum atomic E-state index is -0.462. The predicted octanol–water partition coefficient (Wildman–Crippen LogP) is 6.10.